The van der Waals surface area contributed by atoms with Crippen molar-refractivity contribution in [1.29, 1.82) is 0 Å². The zero-order valence-corrected chi connectivity index (χ0v) is 11.1. The van der Waals surface area contributed by atoms with E-state index in [-0.39, 0.29) is 12.5 Å². The molecule has 1 aromatic heterocycles. The van der Waals surface area contributed by atoms with Gasteiger partial charge in [-0.15, -0.1) is 0 Å². The number of benzene rings is 1. The summed E-state index contributed by atoms with van der Waals surface area (Å²) in [6.45, 7) is 0.286. The van der Waals surface area contributed by atoms with Crippen LogP contribution in [0.4, 0.5) is 0 Å². The van der Waals surface area contributed by atoms with Gasteiger partial charge in [0, 0.05) is 13.0 Å². The fourth-order valence-electron chi connectivity index (χ4n) is 2.54. The molecule has 1 amide bonds. The largest absolute Gasteiger partial charge is 0.480 e. The van der Waals surface area contributed by atoms with E-state index in [1.807, 2.05) is 24.3 Å². The van der Waals surface area contributed by atoms with Crippen molar-refractivity contribution >= 4 is 11.9 Å². The highest BCUT2D eigenvalue weighted by atomic mass is 16.4. The highest BCUT2D eigenvalue weighted by molar-refractivity contribution is 5.96. The molecule has 1 aliphatic rings. The van der Waals surface area contributed by atoms with Gasteiger partial charge in [0.1, 0.15) is 6.04 Å². The van der Waals surface area contributed by atoms with Crippen molar-refractivity contribution in [2.45, 2.75) is 19.0 Å². The summed E-state index contributed by atoms with van der Waals surface area (Å²) in [5, 5.41) is 16.7. The number of aromatic nitrogens is 2. The SMILES string of the molecule is O=C(O)C1Cc2ccccc2CN1C(=O)c1ccnnc1. The van der Waals surface area contributed by atoms with Crippen molar-refractivity contribution in [3.8, 4) is 0 Å². The van der Waals surface area contributed by atoms with Gasteiger partial charge in [-0.1, -0.05) is 24.3 Å². The summed E-state index contributed by atoms with van der Waals surface area (Å²) in [5.41, 5.74) is 2.29. The van der Waals surface area contributed by atoms with Crippen LogP contribution in [-0.2, 0) is 17.8 Å². The average Bonchev–Trinajstić information content (AvgIpc) is 2.53. The van der Waals surface area contributed by atoms with Crippen molar-refractivity contribution in [3.05, 3.63) is 59.4 Å². The molecular formula is C15H13N3O3. The molecule has 6 heteroatoms. The summed E-state index contributed by atoms with van der Waals surface area (Å²) in [6.07, 6.45) is 3.08. The minimum atomic E-state index is -1.00. The molecule has 0 fully saturated rings. The second-order valence-corrected chi connectivity index (χ2v) is 4.89. The van der Waals surface area contributed by atoms with Crippen molar-refractivity contribution in [3.63, 3.8) is 0 Å². The van der Waals surface area contributed by atoms with Crippen LogP contribution in [0.2, 0.25) is 0 Å². The van der Waals surface area contributed by atoms with E-state index in [4.69, 9.17) is 0 Å². The molecule has 3 rings (SSSR count). The van der Waals surface area contributed by atoms with Crippen molar-refractivity contribution in [2.75, 3.05) is 0 Å². The molecule has 0 aliphatic carbocycles. The Morgan fingerprint density at radius 2 is 1.90 bits per heavy atom. The number of amides is 1. The van der Waals surface area contributed by atoms with Gasteiger partial charge in [0.25, 0.3) is 5.91 Å². The number of carboxylic acids is 1. The molecule has 1 aromatic carbocycles. The van der Waals surface area contributed by atoms with E-state index in [1.165, 1.54) is 23.4 Å². The van der Waals surface area contributed by atoms with E-state index in [9.17, 15) is 14.7 Å². The van der Waals surface area contributed by atoms with Crippen molar-refractivity contribution in [2.24, 2.45) is 0 Å². The fraction of sp³-hybridized carbons (Fsp3) is 0.200. The highest BCUT2D eigenvalue weighted by Crippen LogP contribution is 2.24. The lowest BCUT2D eigenvalue weighted by Crippen LogP contribution is -2.48. The first-order chi connectivity index (χ1) is 10.2. The van der Waals surface area contributed by atoms with Gasteiger partial charge in [-0.25, -0.2) is 4.79 Å². The van der Waals surface area contributed by atoms with Crippen LogP contribution in [0.1, 0.15) is 21.5 Å². The Balaban J connectivity index is 1.96. The first kappa shape index (κ1) is 13.2. The third-order valence-corrected chi connectivity index (χ3v) is 3.63. The molecule has 0 saturated heterocycles. The molecule has 6 nitrogen and oxygen atoms in total. The maximum Gasteiger partial charge on any atom is 0.326 e. The molecule has 2 aromatic rings. The van der Waals surface area contributed by atoms with E-state index in [0.29, 0.717) is 12.0 Å². The van der Waals surface area contributed by atoms with Gasteiger partial charge in [-0.3, -0.25) is 4.79 Å². The zero-order valence-electron chi connectivity index (χ0n) is 11.1. The van der Waals surface area contributed by atoms with Crippen LogP contribution in [0, 0.1) is 0 Å². The number of carboxylic acid groups (broad SMARTS) is 1. The maximum absolute atomic E-state index is 12.5. The van der Waals surface area contributed by atoms with E-state index < -0.39 is 12.0 Å². The first-order valence-corrected chi connectivity index (χ1v) is 6.54. The molecule has 0 saturated carbocycles. The molecule has 0 bridgehead atoms. The lowest BCUT2D eigenvalue weighted by molar-refractivity contribution is -0.142. The maximum atomic E-state index is 12.5. The van der Waals surface area contributed by atoms with Gasteiger partial charge in [-0.05, 0) is 17.2 Å². The van der Waals surface area contributed by atoms with Gasteiger partial charge in [0.15, 0.2) is 0 Å². The number of carbonyl (C=O) groups is 2. The van der Waals surface area contributed by atoms with Gasteiger partial charge < -0.3 is 10.0 Å². The van der Waals surface area contributed by atoms with Gasteiger partial charge in [0.05, 0.1) is 18.0 Å². The van der Waals surface area contributed by atoms with E-state index >= 15 is 0 Å². The zero-order chi connectivity index (χ0) is 14.8. The lowest BCUT2D eigenvalue weighted by Gasteiger charge is -2.34. The van der Waals surface area contributed by atoms with Crippen LogP contribution in [0.15, 0.2) is 42.7 Å². The van der Waals surface area contributed by atoms with Crippen molar-refractivity contribution < 1.29 is 14.7 Å². The quantitative estimate of drug-likeness (QED) is 0.893. The van der Waals surface area contributed by atoms with Gasteiger partial charge in [-0.2, -0.15) is 10.2 Å². The number of carbonyl (C=O) groups excluding carboxylic acids is 1. The smallest absolute Gasteiger partial charge is 0.326 e. The second kappa shape index (κ2) is 5.32. The number of nitrogens with zero attached hydrogens (tertiary/aromatic N) is 3. The summed E-state index contributed by atoms with van der Waals surface area (Å²) in [4.78, 5) is 25.4. The van der Waals surface area contributed by atoms with Crippen LogP contribution in [0.25, 0.3) is 0 Å². The molecule has 2 heterocycles. The third kappa shape index (κ3) is 2.47. The Bertz CT molecular complexity index is 688. The topological polar surface area (TPSA) is 83.4 Å². The molecule has 106 valence electrons. The molecule has 1 aliphatic heterocycles. The van der Waals surface area contributed by atoms with Crippen LogP contribution < -0.4 is 0 Å². The van der Waals surface area contributed by atoms with Crippen LogP contribution in [-0.4, -0.2) is 38.1 Å². The van der Waals surface area contributed by atoms with E-state index in [1.54, 1.807) is 0 Å². The number of rotatable bonds is 2. The van der Waals surface area contributed by atoms with Crippen molar-refractivity contribution in [1.82, 2.24) is 15.1 Å². The summed E-state index contributed by atoms with van der Waals surface area (Å²) >= 11 is 0. The molecule has 21 heavy (non-hydrogen) atoms. The fourth-order valence-corrected chi connectivity index (χ4v) is 2.54. The predicted octanol–water partition coefficient (Wildman–Crippen LogP) is 1.13. The Morgan fingerprint density at radius 1 is 1.14 bits per heavy atom. The minimum Gasteiger partial charge on any atom is -0.480 e. The monoisotopic (exact) mass is 283 g/mol. The molecule has 1 atom stereocenters. The first-order valence-electron chi connectivity index (χ1n) is 6.54. The average molecular weight is 283 g/mol. The number of hydrogen-bond donors (Lipinski definition) is 1. The molecule has 1 N–H and O–H groups in total. The van der Waals surface area contributed by atoms with Crippen LogP contribution >= 0.6 is 0 Å². The molecule has 0 spiro atoms. The van der Waals surface area contributed by atoms with E-state index in [0.717, 1.165) is 11.1 Å². The summed E-state index contributed by atoms with van der Waals surface area (Å²) in [5.74, 6) is -1.34. The molecule has 0 radical (unpaired) electrons. The second-order valence-electron chi connectivity index (χ2n) is 4.89. The Morgan fingerprint density at radius 3 is 2.57 bits per heavy atom. The van der Waals surface area contributed by atoms with Gasteiger partial charge >= 0.3 is 5.97 Å². The Labute approximate surface area is 121 Å². The number of fused-ring (bicyclic) bond motifs is 1. The summed E-state index contributed by atoms with van der Waals surface area (Å²) < 4.78 is 0. The predicted molar refractivity (Wildman–Crippen MR) is 73.5 cm³/mol. The number of hydrogen-bond acceptors (Lipinski definition) is 4. The van der Waals surface area contributed by atoms with Gasteiger partial charge in [0.2, 0.25) is 0 Å². The third-order valence-electron chi connectivity index (χ3n) is 3.63. The minimum absolute atomic E-state index is 0.286. The Hall–Kier alpha value is -2.76. The van der Waals surface area contributed by atoms with E-state index in [2.05, 4.69) is 10.2 Å². The normalized spacial score (nSPS) is 17.1. The molecule has 1 unspecified atom stereocenters. The summed E-state index contributed by atoms with van der Waals surface area (Å²) in [6, 6.07) is 8.26. The standard InChI is InChI=1S/C15H13N3O3/c19-14(11-5-6-16-17-8-11)18-9-12-4-2-1-3-10(12)7-13(18)15(20)21/h1-6,8,13H,7,9H2,(H,20,21). The lowest BCUT2D eigenvalue weighted by atomic mass is 9.93. The van der Waals surface area contributed by atoms with Crippen LogP contribution in [0.5, 0.6) is 0 Å². The molecular weight excluding hydrogens is 270 g/mol. The Kier molecular flexibility index (Phi) is 3.35. The number of aliphatic carboxylic acids is 1. The highest BCUT2D eigenvalue weighted by Gasteiger charge is 2.34. The van der Waals surface area contributed by atoms with Crippen LogP contribution in [0.3, 0.4) is 0 Å². The summed E-state index contributed by atoms with van der Waals surface area (Å²) in [7, 11) is 0.